The van der Waals surface area contributed by atoms with E-state index in [1.807, 2.05) is 30.3 Å². The third-order valence-corrected chi connectivity index (χ3v) is 8.69. The van der Waals surface area contributed by atoms with E-state index < -0.39 is 0 Å². The van der Waals surface area contributed by atoms with Crippen molar-refractivity contribution in [1.29, 1.82) is 0 Å². The normalized spacial score (nSPS) is 11.4. The van der Waals surface area contributed by atoms with Crippen LogP contribution in [0.3, 0.4) is 0 Å². The van der Waals surface area contributed by atoms with Crippen LogP contribution in [0.5, 0.6) is 0 Å². The van der Waals surface area contributed by atoms with Gasteiger partial charge in [-0.3, -0.25) is 0 Å². The largest absolute Gasteiger partial charge is 0.208 e. The Kier molecular flexibility index (Phi) is 5.64. The number of hydrogen-bond donors (Lipinski definition) is 0. The number of benzene rings is 6. The van der Waals surface area contributed by atoms with Gasteiger partial charge in [-0.25, -0.2) is 15.0 Å². The van der Waals surface area contributed by atoms with Gasteiger partial charge in [-0.2, -0.15) is 0 Å². The molecule has 0 radical (unpaired) electrons. The van der Waals surface area contributed by atoms with E-state index >= 15 is 0 Å². The Morgan fingerprint density at radius 1 is 0.366 bits per heavy atom. The van der Waals surface area contributed by atoms with E-state index in [0.29, 0.717) is 17.5 Å². The van der Waals surface area contributed by atoms with Gasteiger partial charge in [0.15, 0.2) is 17.5 Å². The van der Waals surface area contributed by atoms with E-state index in [1.54, 1.807) is 11.3 Å². The molecule has 0 aliphatic rings. The van der Waals surface area contributed by atoms with Gasteiger partial charge in [-0.1, -0.05) is 127 Å². The Labute approximate surface area is 241 Å². The number of thiophene rings is 1. The van der Waals surface area contributed by atoms with Gasteiger partial charge >= 0.3 is 0 Å². The van der Waals surface area contributed by atoms with Crippen LogP contribution < -0.4 is 0 Å². The van der Waals surface area contributed by atoms with E-state index in [0.717, 1.165) is 22.3 Å². The van der Waals surface area contributed by atoms with Crippen molar-refractivity contribution in [3.8, 4) is 45.3 Å². The van der Waals surface area contributed by atoms with E-state index in [2.05, 4.69) is 109 Å². The average molecular weight is 542 g/mol. The fourth-order valence-electron chi connectivity index (χ4n) is 5.58. The zero-order chi connectivity index (χ0) is 27.2. The molecule has 3 nitrogen and oxygen atoms in total. The summed E-state index contributed by atoms with van der Waals surface area (Å²) in [6.07, 6.45) is 0. The highest BCUT2D eigenvalue weighted by Crippen LogP contribution is 2.39. The number of hydrogen-bond acceptors (Lipinski definition) is 4. The van der Waals surface area contributed by atoms with Crippen molar-refractivity contribution >= 4 is 42.3 Å². The van der Waals surface area contributed by atoms with Gasteiger partial charge in [-0.15, -0.1) is 11.3 Å². The molecule has 0 unspecified atom stereocenters. The van der Waals surface area contributed by atoms with Crippen LogP contribution >= 0.6 is 11.3 Å². The van der Waals surface area contributed by atoms with Crippen LogP contribution in [0.1, 0.15) is 0 Å². The van der Waals surface area contributed by atoms with E-state index in [9.17, 15) is 0 Å². The number of nitrogens with zero attached hydrogens (tertiary/aromatic N) is 3. The van der Waals surface area contributed by atoms with Crippen molar-refractivity contribution in [2.45, 2.75) is 0 Å². The average Bonchev–Trinajstić information content (AvgIpc) is 3.44. The highest BCUT2D eigenvalue weighted by atomic mass is 32.1. The number of fused-ring (bicyclic) bond motifs is 4. The lowest BCUT2D eigenvalue weighted by Crippen LogP contribution is -2.00. The van der Waals surface area contributed by atoms with Gasteiger partial charge in [0.1, 0.15) is 0 Å². The predicted octanol–water partition coefficient (Wildman–Crippen LogP) is 10.1. The summed E-state index contributed by atoms with van der Waals surface area (Å²) in [5.41, 5.74) is 5.32. The van der Waals surface area contributed by atoms with Crippen molar-refractivity contribution in [1.82, 2.24) is 15.0 Å². The van der Waals surface area contributed by atoms with Gasteiger partial charge in [0.05, 0.1) is 0 Å². The van der Waals surface area contributed by atoms with Crippen LogP contribution in [-0.4, -0.2) is 15.0 Å². The molecule has 0 bridgehead atoms. The molecule has 0 fully saturated rings. The fourth-order valence-corrected chi connectivity index (χ4v) is 6.71. The molecule has 6 aromatic carbocycles. The van der Waals surface area contributed by atoms with Crippen LogP contribution in [0.15, 0.2) is 140 Å². The molecule has 0 amide bonds. The maximum atomic E-state index is 5.07. The van der Waals surface area contributed by atoms with Crippen LogP contribution in [0.4, 0.5) is 0 Å². The van der Waals surface area contributed by atoms with Crippen molar-refractivity contribution < 1.29 is 0 Å². The summed E-state index contributed by atoms with van der Waals surface area (Å²) >= 11 is 1.80. The Morgan fingerprint density at radius 3 is 1.76 bits per heavy atom. The summed E-state index contributed by atoms with van der Waals surface area (Å²) in [7, 11) is 0. The first-order chi connectivity index (χ1) is 20.3. The monoisotopic (exact) mass is 541 g/mol. The summed E-state index contributed by atoms with van der Waals surface area (Å²) in [5, 5.41) is 4.90. The zero-order valence-corrected chi connectivity index (χ0v) is 22.8. The van der Waals surface area contributed by atoms with Gasteiger partial charge in [-0.05, 0) is 34.0 Å². The Hall–Kier alpha value is -5.19. The molecular formula is C37H23N3S. The lowest BCUT2D eigenvalue weighted by atomic mass is 9.97. The van der Waals surface area contributed by atoms with Crippen molar-refractivity contribution in [3.63, 3.8) is 0 Å². The number of aromatic nitrogens is 3. The maximum Gasteiger partial charge on any atom is 0.164 e. The highest BCUT2D eigenvalue weighted by molar-refractivity contribution is 7.25. The zero-order valence-electron chi connectivity index (χ0n) is 22.0. The molecule has 2 aromatic heterocycles. The fraction of sp³-hybridized carbons (Fsp3) is 0. The Bertz CT molecular complexity index is 2190. The standard InChI is InChI=1S/C37H23N3S/c1-2-11-26(12-3-1)35-38-36(27-22-20-25(21-23-27)29-16-8-13-24-10-4-5-14-28(24)29)40-37(39-35)31-17-9-19-33-34(31)30-15-6-7-18-32(30)41-33/h1-23H. The van der Waals surface area contributed by atoms with Gasteiger partial charge in [0.2, 0.25) is 0 Å². The SMILES string of the molecule is c1ccc(-c2nc(-c3ccc(-c4cccc5ccccc45)cc3)nc(-c3cccc4sc5ccccc5c34)n2)cc1. The first kappa shape index (κ1) is 23.7. The maximum absolute atomic E-state index is 5.07. The van der Waals surface area contributed by atoms with Gasteiger partial charge < -0.3 is 0 Å². The summed E-state index contributed by atoms with van der Waals surface area (Å²) in [4.78, 5) is 15.1. The Balaban J connectivity index is 1.30. The molecule has 41 heavy (non-hydrogen) atoms. The smallest absolute Gasteiger partial charge is 0.164 e. The molecule has 0 saturated carbocycles. The molecule has 0 saturated heterocycles. The lowest BCUT2D eigenvalue weighted by molar-refractivity contribution is 1.08. The molecule has 4 heteroatoms. The molecule has 8 aromatic rings. The van der Waals surface area contributed by atoms with Crippen LogP contribution in [0, 0.1) is 0 Å². The minimum atomic E-state index is 0.662. The second kappa shape index (κ2) is 9.77. The highest BCUT2D eigenvalue weighted by Gasteiger charge is 2.17. The third-order valence-electron chi connectivity index (χ3n) is 7.55. The summed E-state index contributed by atoms with van der Waals surface area (Å²) < 4.78 is 2.49. The van der Waals surface area contributed by atoms with E-state index in [1.165, 1.54) is 36.5 Å². The van der Waals surface area contributed by atoms with Gasteiger partial charge in [0, 0.05) is 36.9 Å². The molecule has 0 spiro atoms. The second-order valence-electron chi connectivity index (χ2n) is 10.1. The van der Waals surface area contributed by atoms with E-state index in [4.69, 9.17) is 15.0 Å². The molecular weight excluding hydrogens is 518 g/mol. The van der Waals surface area contributed by atoms with Crippen LogP contribution in [0.2, 0.25) is 0 Å². The summed E-state index contributed by atoms with van der Waals surface area (Å²) in [6.45, 7) is 0. The third kappa shape index (κ3) is 4.17. The van der Waals surface area contributed by atoms with Crippen LogP contribution in [0.25, 0.3) is 76.2 Å². The first-order valence-corrected chi connectivity index (χ1v) is 14.4. The van der Waals surface area contributed by atoms with Crippen molar-refractivity contribution in [2.24, 2.45) is 0 Å². The molecule has 0 aliphatic carbocycles. The minimum Gasteiger partial charge on any atom is -0.208 e. The number of rotatable bonds is 4. The second-order valence-corrected chi connectivity index (χ2v) is 11.1. The van der Waals surface area contributed by atoms with Crippen LogP contribution in [-0.2, 0) is 0 Å². The quantitative estimate of drug-likeness (QED) is 0.222. The lowest BCUT2D eigenvalue weighted by Gasteiger charge is -2.11. The topological polar surface area (TPSA) is 38.7 Å². The minimum absolute atomic E-state index is 0.662. The van der Waals surface area contributed by atoms with Crippen molar-refractivity contribution in [2.75, 3.05) is 0 Å². The van der Waals surface area contributed by atoms with E-state index in [-0.39, 0.29) is 0 Å². The van der Waals surface area contributed by atoms with Crippen molar-refractivity contribution in [3.05, 3.63) is 140 Å². The first-order valence-electron chi connectivity index (χ1n) is 13.6. The Morgan fingerprint density at radius 2 is 0.927 bits per heavy atom. The molecule has 2 heterocycles. The van der Waals surface area contributed by atoms with Gasteiger partial charge in [0.25, 0.3) is 0 Å². The molecule has 0 N–H and O–H groups in total. The predicted molar refractivity (Wildman–Crippen MR) is 172 cm³/mol. The molecule has 0 aliphatic heterocycles. The summed E-state index contributed by atoms with van der Waals surface area (Å²) in [5.74, 6) is 2.01. The molecule has 192 valence electrons. The molecule has 0 atom stereocenters. The molecule has 8 rings (SSSR count). The summed E-state index contributed by atoms with van der Waals surface area (Å²) in [6, 6.07) is 48.6.